The minimum atomic E-state index is -0.264. The summed E-state index contributed by atoms with van der Waals surface area (Å²) >= 11 is 6.02. The van der Waals surface area contributed by atoms with Gasteiger partial charge in [-0.1, -0.05) is 17.7 Å². The minimum Gasteiger partial charge on any atom is -0.309 e. The maximum absolute atomic E-state index is 12.9. The Kier molecular flexibility index (Phi) is 3.10. The Morgan fingerprint density at radius 3 is 2.41 bits per heavy atom. The van der Waals surface area contributed by atoms with Crippen molar-refractivity contribution in [1.29, 1.82) is 0 Å². The predicted octanol–water partition coefficient (Wildman–Crippen LogP) is 3.76. The Morgan fingerprint density at radius 2 is 1.88 bits per heavy atom. The Morgan fingerprint density at radius 1 is 1.24 bits per heavy atom. The topological polar surface area (TPSA) is 12.0 Å². The van der Waals surface area contributed by atoms with Crippen molar-refractivity contribution in [3.8, 4) is 0 Å². The molecule has 1 aromatic carbocycles. The molecule has 3 heteroatoms. The monoisotopic (exact) mass is 253 g/mol. The van der Waals surface area contributed by atoms with Crippen molar-refractivity contribution >= 4 is 11.6 Å². The second-order valence-electron chi connectivity index (χ2n) is 5.32. The lowest BCUT2D eigenvalue weighted by atomic mass is 10.1. The van der Waals surface area contributed by atoms with E-state index in [2.05, 4.69) is 5.32 Å². The second-order valence-corrected chi connectivity index (χ2v) is 5.72. The van der Waals surface area contributed by atoms with E-state index in [4.69, 9.17) is 11.6 Å². The molecule has 0 heterocycles. The Balaban J connectivity index is 1.62. The van der Waals surface area contributed by atoms with Crippen molar-refractivity contribution in [2.24, 2.45) is 11.8 Å². The van der Waals surface area contributed by atoms with E-state index in [0.29, 0.717) is 11.1 Å². The summed E-state index contributed by atoms with van der Waals surface area (Å²) < 4.78 is 12.9. The molecular formula is C14H17ClFN. The highest BCUT2D eigenvalue weighted by molar-refractivity contribution is 6.31. The molecular weight excluding hydrogens is 237 g/mol. The smallest absolute Gasteiger partial charge is 0.124 e. The summed E-state index contributed by atoms with van der Waals surface area (Å²) in [7, 11) is 0. The summed E-state index contributed by atoms with van der Waals surface area (Å²) in [5.41, 5.74) is 0.999. The summed E-state index contributed by atoms with van der Waals surface area (Å²) in [6.45, 7) is 0.761. The molecule has 3 rings (SSSR count). The molecule has 1 aromatic rings. The van der Waals surface area contributed by atoms with E-state index in [-0.39, 0.29) is 5.82 Å². The van der Waals surface area contributed by atoms with Crippen LogP contribution >= 0.6 is 11.6 Å². The van der Waals surface area contributed by atoms with Crippen LogP contribution in [-0.2, 0) is 6.54 Å². The fourth-order valence-electron chi connectivity index (χ4n) is 2.52. The molecule has 0 atom stereocenters. The lowest BCUT2D eigenvalue weighted by Crippen LogP contribution is -2.32. The first-order valence-electron chi connectivity index (χ1n) is 6.41. The Hall–Kier alpha value is -0.600. The molecule has 0 radical (unpaired) electrons. The van der Waals surface area contributed by atoms with Gasteiger partial charge in [0.15, 0.2) is 0 Å². The molecule has 0 aromatic heterocycles. The quantitative estimate of drug-likeness (QED) is 0.843. The van der Waals surface area contributed by atoms with Crippen LogP contribution < -0.4 is 5.32 Å². The Bertz CT molecular complexity index is 401. The van der Waals surface area contributed by atoms with Crippen LogP contribution in [0.25, 0.3) is 0 Å². The van der Waals surface area contributed by atoms with Crippen LogP contribution in [0.1, 0.15) is 31.2 Å². The zero-order valence-electron chi connectivity index (χ0n) is 9.76. The van der Waals surface area contributed by atoms with E-state index in [0.717, 1.165) is 23.9 Å². The van der Waals surface area contributed by atoms with Gasteiger partial charge in [-0.15, -0.1) is 0 Å². The van der Waals surface area contributed by atoms with Gasteiger partial charge in [0.1, 0.15) is 5.82 Å². The van der Waals surface area contributed by atoms with E-state index in [9.17, 15) is 4.39 Å². The fourth-order valence-corrected chi connectivity index (χ4v) is 2.76. The third-order valence-corrected chi connectivity index (χ3v) is 4.15. The molecule has 2 aliphatic rings. The van der Waals surface area contributed by atoms with E-state index < -0.39 is 0 Å². The molecule has 2 aliphatic carbocycles. The van der Waals surface area contributed by atoms with E-state index in [1.54, 1.807) is 6.07 Å². The first kappa shape index (κ1) is 11.5. The predicted molar refractivity (Wildman–Crippen MR) is 67.5 cm³/mol. The van der Waals surface area contributed by atoms with Crippen LogP contribution in [0.5, 0.6) is 0 Å². The number of hydrogen-bond acceptors (Lipinski definition) is 1. The maximum Gasteiger partial charge on any atom is 0.124 e. The Labute approximate surface area is 106 Å². The van der Waals surface area contributed by atoms with Crippen molar-refractivity contribution in [3.05, 3.63) is 34.6 Å². The average Bonchev–Trinajstić information content (AvgIpc) is 3.15. The van der Waals surface area contributed by atoms with Gasteiger partial charge < -0.3 is 5.32 Å². The maximum atomic E-state index is 12.9. The highest BCUT2D eigenvalue weighted by Crippen LogP contribution is 2.44. The summed E-state index contributed by atoms with van der Waals surface area (Å²) in [4.78, 5) is 0. The van der Waals surface area contributed by atoms with E-state index in [1.165, 1.54) is 37.8 Å². The zero-order chi connectivity index (χ0) is 11.8. The SMILES string of the molecule is Fc1ccc(CNC(C2CC2)C2CC2)c(Cl)c1. The van der Waals surface area contributed by atoms with Gasteiger partial charge in [0, 0.05) is 17.6 Å². The molecule has 0 unspecified atom stereocenters. The molecule has 0 bridgehead atoms. The third-order valence-electron chi connectivity index (χ3n) is 3.80. The largest absolute Gasteiger partial charge is 0.309 e. The van der Waals surface area contributed by atoms with Crippen molar-refractivity contribution in [3.63, 3.8) is 0 Å². The summed E-state index contributed by atoms with van der Waals surface area (Å²) in [6.07, 6.45) is 5.47. The molecule has 1 nitrogen and oxygen atoms in total. The molecule has 2 fully saturated rings. The highest BCUT2D eigenvalue weighted by Gasteiger charge is 2.40. The molecule has 0 saturated heterocycles. The first-order valence-corrected chi connectivity index (χ1v) is 6.79. The van der Waals surface area contributed by atoms with Crippen LogP contribution in [0.4, 0.5) is 4.39 Å². The van der Waals surface area contributed by atoms with Crippen molar-refractivity contribution in [2.75, 3.05) is 0 Å². The average molecular weight is 254 g/mol. The van der Waals surface area contributed by atoms with Crippen molar-refractivity contribution in [2.45, 2.75) is 38.3 Å². The normalized spacial score (nSPS) is 19.9. The number of hydrogen-bond donors (Lipinski definition) is 1. The summed E-state index contributed by atoms with van der Waals surface area (Å²) in [6, 6.07) is 5.31. The second kappa shape index (κ2) is 4.58. The number of halogens is 2. The van der Waals surface area contributed by atoms with Crippen molar-refractivity contribution in [1.82, 2.24) is 5.32 Å². The molecule has 17 heavy (non-hydrogen) atoms. The van der Waals surface area contributed by atoms with Gasteiger partial charge in [-0.3, -0.25) is 0 Å². The number of rotatable bonds is 5. The van der Waals surface area contributed by atoms with Crippen LogP contribution in [-0.4, -0.2) is 6.04 Å². The molecule has 0 aliphatic heterocycles. The van der Waals surface area contributed by atoms with Gasteiger partial charge in [0.05, 0.1) is 0 Å². The lowest BCUT2D eigenvalue weighted by molar-refractivity contribution is 0.415. The van der Waals surface area contributed by atoms with Gasteiger partial charge in [0.2, 0.25) is 0 Å². The molecule has 0 amide bonds. The standard InChI is InChI=1S/C14H17ClFN/c15-13-7-12(16)6-5-11(13)8-17-14(9-1-2-9)10-3-4-10/h5-7,9-10,14,17H,1-4,8H2. The summed E-state index contributed by atoms with van der Waals surface area (Å²) in [5, 5.41) is 4.14. The van der Waals surface area contributed by atoms with Crippen LogP contribution in [0.2, 0.25) is 5.02 Å². The highest BCUT2D eigenvalue weighted by atomic mass is 35.5. The summed E-state index contributed by atoms with van der Waals surface area (Å²) in [5.74, 6) is 1.49. The third kappa shape index (κ3) is 2.80. The molecule has 92 valence electrons. The van der Waals surface area contributed by atoms with Crippen molar-refractivity contribution < 1.29 is 4.39 Å². The van der Waals surface area contributed by atoms with E-state index in [1.807, 2.05) is 0 Å². The first-order chi connectivity index (χ1) is 8.24. The van der Waals surface area contributed by atoms with Gasteiger partial charge in [0.25, 0.3) is 0 Å². The van der Waals surface area contributed by atoms with E-state index >= 15 is 0 Å². The fraction of sp³-hybridized carbons (Fsp3) is 0.571. The van der Waals surface area contributed by atoms with Gasteiger partial charge in [-0.2, -0.15) is 0 Å². The number of benzene rings is 1. The number of nitrogens with one attached hydrogen (secondary N) is 1. The zero-order valence-corrected chi connectivity index (χ0v) is 10.5. The minimum absolute atomic E-state index is 0.264. The molecule has 2 saturated carbocycles. The molecule has 1 N–H and O–H groups in total. The molecule has 0 spiro atoms. The van der Waals surface area contributed by atoms with Crippen LogP contribution in [0.3, 0.4) is 0 Å². The van der Waals surface area contributed by atoms with Gasteiger partial charge in [-0.05, 0) is 55.2 Å². The van der Waals surface area contributed by atoms with Gasteiger partial charge >= 0.3 is 0 Å². The van der Waals surface area contributed by atoms with Crippen LogP contribution in [0.15, 0.2) is 18.2 Å². The van der Waals surface area contributed by atoms with Crippen LogP contribution in [0, 0.1) is 17.7 Å². The lowest BCUT2D eigenvalue weighted by Gasteiger charge is -2.18. The van der Waals surface area contributed by atoms with Gasteiger partial charge in [-0.25, -0.2) is 4.39 Å².